The first kappa shape index (κ1) is 18.3. The zero-order chi connectivity index (χ0) is 19.6. The van der Waals surface area contributed by atoms with E-state index in [-0.39, 0.29) is 11.6 Å². The molecule has 2 aromatic heterocycles. The van der Waals surface area contributed by atoms with Crippen LogP contribution in [0.5, 0.6) is 0 Å². The normalized spacial score (nSPS) is 11.4. The van der Waals surface area contributed by atoms with Gasteiger partial charge in [-0.3, -0.25) is 24.3 Å². The van der Waals surface area contributed by atoms with E-state index in [2.05, 4.69) is 15.5 Å². The van der Waals surface area contributed by atoms with Crippen molar-refractivity contribution in [3.05, 3.63) is 70.2 Å². The molecule has 0 aliphatic heterocycles. The van der Waals surface area contributed by atoms with Gasteiger partial charge in [0.2, 0.25) is 0 Å². The summed E-state index contributed by atoms with van der Waals surface area (Å²) in [6.45, 7) is 5.77. The van der Waals surface area contributed by atoms with Crippen molar-refractivity contribution >= 4 is 17.4 Å². The summed E-state index contributed by atoms with van der Waals surface area (Å²) in [5.41, 5.74) is 0.720. The quantitative estimate of drug-likeness (QED) is 0.532. The highest BCUT2D eigenvalue weighted by Gasteiger charge is 2.32. The molecule has 9 nitrogen and oxygen atoms in total. The van der Waals surface area contributed by atoms with Crippen LogP contribution in [0.15, 0.2) is 48.8 Å². The van der Waals surface area contributed by atoms with Crippen LogP contribution in [0.3, 0.4) is 0 Å². The highest BCUT2D eigenvalue weighted by molar-refractivity contribution is 5.95. The van der Waals surface area contributed by atoms with Crippen LogP contribution in [0.2, 0.25) is 0 Å². The number of hydrogen-bond donors (Lipinski definition) is 1. The van der Waals surface area contributed by atoms with Crippen LogP contribution in [0.25, 0.3) is 0 Å². The van der Waals surface area contributed by atoms with Crippen LogP contribution in [0.4, 0.5) is 11.5 Å². The SMILES string of the molecule is Cc1cc(NC(=O)C(C)(C)n2cc([N+](=O)[O-])cn2)nn1Cc1ccccc1. The van der Waals surface area contributed by atoms with Crippen molar-refractivity contribution in [3.63, 3.8) is 0 Å². The lowest BCUT2D eigenvalue weighted by molar-refractivity contribution is -0.385. The highest BCUT2D eigenvalue weighted by Crippen LogP contribution is 2.21. The van der Waals surface area contributed by atoms with Crippen LogP contribution in [-0.4, -0.2) is 30.4 Å². The summed E-state index contributed by atoms with van der Waals surface area (Å²) >= 11 is 0. The fourth-order valence-corrected chi connectivity index (χ4v) is 2.57. The van der Waals surface area contributed by atoms with Gasteiger partial charge in [-0.2, -0.15) is 10.2 Å². The van der Waals surface area contributed by atoms with E-state index < -0.39 is 10.5 Å². The molecule has 0 aliphatic carbocycles. The summed E-state index contributed by atoms with van der Waals surface area (Å²) in [6, 6.07) is 11.7. The smallest absolute Gasteiger partial charge is 0.307 e. The summed E-state index contributed by atoms with van der Waals surface area (Å²) in [7, 11) is 0. The number of rotatable bonds is 6. The second-order valence-corrected chi connectivity index (χ2v) is 6.73. The lowest BCUT2D eigenvalue weighted by Crippen LogP contribution is -2.40. The average molecular weight is 368 g/mol. The number of benzene rings is 1. The Morgan fingerprint density at radius 1 is 1.30 bits per heavy atom. The Morgan fingerprint density at radius 3 is 2.63 bits per heavy atom. The maximum absolute atomic E-state index is 12.7. The van der Waals surface area contributed by atoms with Crippen LogP contribution in [0.1, 0.15) is 25.1 Å². The van der Waals surface area contributed by atoms with E-state index in [0.29, 0.717) is 12.4 Å². The van der Waals surface area contributed by atoms with E-state index in [1.165, 1.54) is 10.9 Å². The lowest BCUT2D eigenvalue weighted by Gasteiger charge is -2.23. The monoisotopic (exact) mass is 368 g/mol. The Morgan fingerprint density at radius 2 is 2.00 bits per heavy atom. The van der Waals surface area contributed by atoms with Crippen molar-refractivity contribution in [2.24, 2.45) is 0 Å². The number of anilines is 1. The average Bonchev–Trinajstić information content (AvgIpc) is 3.24. The van der Waals surface area contributed by atoms with Crippen LogP contribution in [-0.2, 0) is 16.9 Å². The van der Waals surface area contributed by atoms with Gasteiger partial charge in [-0.05, 0) is 26.3 Å². The zero-order valence-electron chi connectivity index (χ0n) is 15.3. The maximum Gasteiger partial charge on any atom is 0.307 e. The van der Waals surface area contributed by atoms with Gasteiger partial charge in [-0.1, -0.05) is 30.3 Å². The third-order valence-electron chi connectivity index (χ3n) is 4.31. The van der Waals surface area contributed by atoms with Crippen molar-refractivity contribution in [2.75, 3.05) is 5.32 Å². The van der Waals surface area contributed by atoms with Gasteiger partial charge < -0.3 is 5.32 Å². The van der Waals surface area contributed by atoms with Crippen molar-refractivity contribution in [1.29, 1.82) is 0 Å². The molecule has 3 rings (SSSR count). The molecule has 3 aromatic rings. The number of nitro groups is 1. The molecule has 140 valence electrons. The fraction of sp³-hybridized carbons (Fsp3) is 0.278. The third-order valence-corrected chi connectivity index (χ3v) is 4.31. The first-order valence-corrected chi connectivity index (χ1v) is 8.37. The van der Waals surface area contributed by atoms with Crippen molar-refractivity contribution in [3.8, 4) is 0 Å². The van der Waals surface area contributed by atoms with E-state index >= 15 is 0 Å². The van der Waals surface area contributed by atoms with Crippen LogP contribution < -0.4 is 5.32 Å². The molecule has 0 unspecified atom stereocenters. The molecule has 27 heavy (non-hydrogen) atoms. The number of carbonyl (C=O) groups is 1. The van der Waals surface area contributed by atoms with Gasteiger partial charge in [0.1, 0.15) is 17.9 Å². The molecule has 0 saturated carbocycles. The Hall–Kier alpha value is -3.49. The van der Waals surface area contributed by atoms with Crippen molar-refractivity contribution in [1.82, 2.24) is 19.6 Å². The standard InChI is InChI=1S/C18H20N6O3/c1-13-9-16(21-22(13)11-14-7-5-4-6-8-14)20-17(25)18(2,3)23-12-15(10-19-23)24(26)27/h4-10,12H,11H2,1-3H3,(H,20,21,25). The van der Waals surface area contributed by atoms with E-state index in [9.17, 15) is 14.9 Å². The lowest BCUT2D eigenvalue weighted by atomic mass is 10.1. The van der Waals surface area contributed by atoms with Crippen LogP contribution in [0, 0.1) is 17.0 Å². The molecular weight excluding hydrogens is 348 g/mol. The third kappa shape index (κ3) is 3.86. The molecule has 1 amide bonds. The number of nitrogens with one attached hydrogen (secondary N) is 1. The molecule has 0 bridgehead atoms. The Labute approximate surface area is 155 Å². The molecule has 1 aromatic carbocycles. The summed E-state index contributed by atoms with van der Waals surface area (Å²) in [6.07, 6.45) is 2.35. The topological polar surface area (TPSA) is 108 Å². The van der Waals surface area contributed by atoms with Gasteiger partial charge in [-0.25, -0.2) is 0 Å². The van der Waals surface area contributed by atoms with Gasteiger partial charge >= 0.3 is 5.69 Å². The van der Waals surface area contributed by atoms with Gasteiger partial charge in [0, 0.05) is 11.8 Å². The molecule has 0 fully saturated rings. The predicted octanol–water partition coefficient (Wildman–Crippen LogP) is 2.72. The first-order valence-electron chi connectivity index (χ1n) is 8.37. The van der Waals surface area contributed by atoms with Crippen molar-refractivity contribution in [2.45, 2.75) is 32.9 Å². The summed E-state index contributed by atoms with van der Waals surface area (Å²) in [5.74, 6) is 0.0491. The van der Waals surface area contributed by atoms with E-state index in [4.69, 9.17) is 0 Å². The number of nitrogens with zero attached hydrogens (tertiary/aromatic N) is 5. The zero-order valence-corrected chi connectivity index (χ0v) is 15.3. The fourth-order valence-electron chi connectivity index (χ4n) is 2.57. The molecule has 0 atom stereocenters. The minimum atomic E-state index is -1.12. The van der Waals surface area contributed by atoms with Gasteiger partial charge in [0.05, 0.1) is 11.5 Å². The minimum absolute atomic E-state index is 0.168. The first-order chi connectivity index (χ1) is 12.8. The molecule has 0 radical (unpaired) electrons. The van der Waals surface area contributed by atoms with E-state index in [0.717, 1.165) is 17.5 Å². The molecule has 1 N–H and O–H groups in total. The summed E-state index contributed by atoms with van der Waals surface area (Å²) in [5, 5.41) is 22.0. The Kier molecular flexibility index (Phi) is 4.76. The molecule has 9 heteroatoms. The number of aryl methyl sites for hydroxylation is 1. The number of aromatic nitrogens is 4. The minimum Gasteiger partial charge on any atom is -0.307 e. The molecule has 0 spiro atoms. The highest BCUT2D eigenvalue weighted by atomic mass is 16.6. The summed E-state index contributed by atoms with van der Waals surface area (Å²) < 4.78 is 3.07. The van der Waals surface area contributed by atoms with Gasteiger partial charge in [0.25, 0.3) is 5.91 Å². The molecule has 0 aliphatic rings. The molecule has 2 heterocycles. The maximum atomic E-state index is 12.7. The largest absolute Gasteiger partial charge is 0.307 e. The number of hydrogen-bond acceptors (Lipinski definition) is 5. The van der Waals surface area contributed by atoms with E-state index in [1.807, 2.05) is 37.3 Å². The second kappa shape index (κ2) is 7.02. The Balaban J connectivity index is 1.75. The predicted molar refractivity (Wildman–Crippen MR) is 99.3 cm³/mol. The van der Waals surface area contributed by atoms with Crippen molar-refractivity contribution < 1.29 is 9.72 Å². The molecule has 0 saturated heterocycles. The number of amides is 1. The molecular formula is C18H20N6O3. The van der Waals surface area contributed by atoms with E-state index in [1.54, 1.807) is 24.6 Å². The van der Waals surface area contributed by atoms with Crippen LogP contribution >= 0.6 is 0 Å². The Bertz CT molecular complexity index is 974. The summed E-state index contributed by atoms with van der Waals surface area (Å²) in [4.78, 5) is 23.0. The van der Waals surface area contributed by atoms with Gasteiger partial charge in [-0.15, -0.1) is 0 Å². The second-order valence-electron chi connectivity index (χ2n) is 6.73. The van der Waals surface area contributed by atoms with Gasteiger partial charge in [0.15, 0.2) is 5.82 Å². The number of carbonyl (C=O) groups excluding carboxylic acids is 1.